The van der Waals surface area contributed by atoms with Crippen LogP contribution in [0, 0.1) is 0 Å². The van der Waals surface area contributed by atoms with Gasteiger partial charge in [0.25, 0.3) is 0 Å². The number of hydrogen-bond donors (Lipinski definition) is 1. The third kappa shape index (κ3) is 1.59. The molecular weight excluding hydrogens is 268 g/mol. The Bertz CT molecular complexity index is 633. The predicted molar refractivity (Wildman–Crippen MR) is 64.8 cm³/mol. The van der Waals surface area contributed by atoms with Crippen LogP contribution in [-0.2, 0) is 0 Å². The van der Waals surface area contributed by atoms with Gasteiger partial charge >= 0.3 is 0 Å². The molecule has 0 bridgehead atoms. The highest BCUT2D eigenvalue weighted by Gasteiger charge is 2.05. The molecule has 3 aromatic heterocycles. The number of hydrogen-bond acceptors (Lipinski definition) is 3. The normalized spacial score (nSPS) is 10.8. The fraction of sp³-hybridized carbons (Fsp3) is 0. The number of nitrogens with one attached hydrogen (secondary N) is 1. The van der Waals surface area contributed by atoms with Gasteiger partial charge in [-0.25, -0.2) is 9.97 Å². The van der Waals surface area contributed by atoms with Crippen molar-refractivity contribution in [2.24, 2.45) is 0 Å². The Labute approximate surface area is 99.9 Å². The van der Waals surface area contributed by atoms with Crippen molar-refractivity contribution in [1.82, 2.24) is 19.9 Å². The fourth-order valence-electron chi connectivity index (χ4n) is 1.54. The molecule has 16 heavy (non-hydrogen) atoms. The Balaban J connectivity index is 2.19. The van der Waals surface area contributed by atoms with Crippen molar-refractivity contribution < 1.29 is 0 Å². The van der Waals surface area contributed by atoms with Crippen LogP contribution in [0.5, 0.6) is 0 Å². The summed E-state index contributed by atoms with van der Waals surface area (Å²) in [7, 11) is 0. The predicted octanol–water partition coefficient (Wildman–Crippen LogP) is 2.78. The molecule has 3 heterocycles. The van der Waals surface area contributed by atoms with Crippen LogP contribution in [0.2, 0.25) is 0 Å². The molecule has 0 spiro atoms. The minimum absolute atomic E-state index is 0.728. The van der Waals surface area contributed by atoms with E-state index in [2.05, 4.69) is 35.9 Å². The molecule has 3 aromatic rings. The number of pyridine rings is 1. The molecular formula is C11H7BrN4. The van der Waals surface area contributed by atoms with E-state index in [1.54, 1.807) is 12.4 Å². The maximum Gasteiger partial charge on any atom is 0.156 e. The molecule has 0 aromatic carbocycles. The molecule has 0 unspecified atom stereocenters. The molecule has 5 heteroatoms. The van der Waals surface area contributed by atoms with Crippen LogP contribution in [0.4, 0.5) is 0 Å². The molecule has 0 fully saturated rings. The maximum atomic E-state index is 4.32. The van der Waals surface area contributed by atoms with Gasteiger partial charge in [-0.1, -0.05) is 6.07 Å². The van der Waals surface area contributed by atoms with Gasteiger partial charge in [0.2, 0.25) is 0 Å². The molecule has 0 atom stereocenters. The molecule has 0 saturated carbocycles. The van der Waals surface area contributed by atoms with Gasteiger partial charge in [0.15, 0.2) is 5.65 Å². The smallest absolute Gasteiger partial charge is 0.156 e. The Kier molecular flexibility index (Phi) is 2.18. The zero-order valence-corrected chi connectivity index (χ0v) is 9.77. The van der Waals surface area contributed by atoms with Crippen molar-refractivity contribution in [3.63, 3.8) is 0 Å². The molecule has 0 amide bonds. The third-order valence-corrected chi connectivity index (χ3v) is 2.63. The standard InChI is InChI=1S/C11H7BrN4/c12-10-6-14-11-9(15-10)5-8(16-11)7-3-1-2-4-13-7/h1-6H,(H,14,16). The minimum atomic E-state index is 0.728. The Morgan fingerprint density at radius 2 is 2.12 bits per heavy atom. The summed E-state index contributed by atoms with van der Waals surface area (Å²) >= 11 is 3.29. The lowest BCUT2D eigenvalue weighted by Gasteiger charge is -1.93. The van der Waals surface area contributed by atoms with E-state index in [1.165, 1.54) is 0 Å². The summed E-state index contributed by atoms with van der Waals surface area (Å²) in [5.41, 5.74) is 3.41. The lowest BCUT2D eigenvalue weighted by molar-refractivity contribution is 1.22. The summed E-state index contributed by atoms with van der Waals surface area (Å²) in [4.78, 5) is 16.0. The van der Waals surface area contributed by atoms with Gasteiger partial charge in [0.05, 0.1) is 17.6 Å². The number of nitrogens with zero attached hydrogens (tertiary/aromatic N) is 3. The van der Waals surface area contributed by atoms with Crippen molar-refractivity contribution in [2.45, 2.75) is 0 Å². The van der Waals surface area contributed by atoms with Crippen molar-refractivity contribution in [2.75, 3.05) is 0 Å². The van der Waals surface area contributed by atoms with E-state index in [9.17, 15) is 0 Å². The topological polar surface area (TPSA) is 54.5 Å². The van der Waals surface area contributed by atoms with Crippen LogP contribution in [-0.4, -0.2) is 19.9 Å². The maximum absolute atomic E-state index is 4.32. The average Bonchev–Trinajstić information content (AvgIpc) is 2.73. The summed E-state index contributed by atoms with van der Waals surface area (Å²) < 4.78 is 0.728. The van der Waals surface area contributed by atoms with Crippen molar-refractivity contribution in [3.05, 3.63) is 41.3 Å². The first-order chi connectivity index (χ1) is 7.83. The third-order valence-electron chi connectivity index (χ3n) is 2.25. The number of H-pyrrole nitrogens is 1. The lowest BCUT2D eigenvalue weighted by atomic mass is 10.3. The van der Waals surface area contributed by atoms with Crippen LogP contribution in [0.3, 0.4) is 0 Å². The van der Waals surface area contributed by atoms with Gasteiger partial charge in [-0.05, 0) is 34.1 Å². The van der Waals surface area contributed by atoms with Gasteiger partial charge in [-0.2, -0.15) is 0 Å². The van der Waals surface area contributed by atoms with E-state index >= 15 is 0 Å². The van der Waals surface area contributed by atoms with Crippen LogP contribution in [0.15, 0.2) is 41.3 Å². The lowest BCUT2D eigenvalue weighted by Crippen LogP contribution is -1.81. The first-order valence-corrected chi connectivity index (χ1v) is 5.55. The molecule has 1 N–H and O–H groups in total. The number of halogens is 1. The number of aromatic amines is 1. The zero-order valence-electron chi connectivity index (χ0n) is 8.18. The van der Waals surface area contributed by atoms with Crippen LogP contribution >= 0.6 is 15.9 Å². The Hall–Kier alpha value is -1.75. The van der Waals surface area contributed by atoms with Crippen LogP contribution in [0.1, 0.15) is 0 Å². The van der Waals surface area contributed by atoms with Crippen molar-refractivity contribution in [1.29, 1.82) is 0 Å². The van der Waals surface area contributed by atoms with Crippen LogP contribution in [0.25, 0.3) is 22.6 Å². The average molecular weight is 275 g/mol. The molecule has 4 nitrogen and oxygen atoms in total. The van der Waals surface area contributed by atoms with Crippen LogP contribution < -0.4 is 0 Å². The quantitative estimate of drug-likeness (QED) is 0.743. The molecule has 0 aliphatic heterocycles. The summed E-state index contributed by atoms with van der Waals surface area (Å²) in [6.07, 6.45) is 3.43. The van der Waals surface area contributed by atoms with Gasteiger partial charge in [0, 0.05) is 6.20 Å². The zero-order chi connectivity index (χ0) is 11.0. The monoisotopic (exact) mass is 274 g/mol. The van der Waals surface area contributed by atoms with Gasteiger partial charge in [-0.15, -0.1) is 0 Å². The first kappa shape index (κ1) is 9.47. The SMILES string of the molecule is Brc1cnc2[nH]c(-c3ccccn3)cc2n1. The minimum Gasteiger partial charge on any atom is -0.337 e. The number of rotatable bonds is 1. The molecule has 0 saturated heterocycles. The van der Waals surface area contributed by atoms with Crippen molar-refractivity contribution in [3.8, 4) is 11.4 Å². The Morgan fingerprint density at radius 3 is 2.94 bits per heavy atom. The molecule has 0 aliphatic rings. The molecule has 78 valence electrons. The largest absolute Gasteiger partial charge is 0.337 e. The summed E-state index contributed by atoms with van der Waals surface area (Å²) in [6.45, 7) is 0. The summed E-state index contributed by atoms with van der Waals surface area (Å²) in [5, 5.41) is 0. The summed E-state index contributed by atoms with van der Waals surface area (Å²) in [6, 6.07) is 7.72. The van der Waals surface area contributed by atoms with E-state index in [4.69, 9.17) is 0 Å². The van der Waals surface area contributed by atoms with Crippen molar-refractivity contribution >= 4 is 27.1 Å². The second-order valence-corrected chi connectivity index (χ2v) is 4.14. The molecule has 0 aliphatic carbocycles. The van der Waals surface area contributed by atoms with E-state index < -0.39 is 0 Å². The van der Waals surface area contributed by atoms with Gasteiger partial charge in [-0.3, -0.25) is 4.98 Å². The van der Waals surface area contributed by atoms with Gasteiger partial charge < -0.3 is 4.98 Å². The summed E-state index contributed by atoms with van der Waals surface area (Å²) in [5.74, 6) is 0. The molecule has 0 radical (unpaired) electrons. The second-order valence-electron chi connectivity index (χ2n) is 3.32. The first-order valence-electron chi connectivity index (χ1n) is 4.75. The highest BCUT2D eigenvalue weighted by atomic mass is 79.9. The van der Waals surface area contributed by atoms with E-state index in [-0.39, 0.29) is 0 Å². The van der Waals surface area contributed by atoms with E-state index in [0.717, 1.165) is 27.2 Å². The Morgan fingerprint density at radius 1 is 1.19 bits per heavy atom. The van der Waals surface area contributed by atoms with E-state index in [0.29, 0.717) is 0 Å². The highest BCUT2D eigenvalue weighted by molar-refractivity contribution is 9.10. The fourth-order valence-corrected chi connectivity index (χ4v) is 1.83. The van der Waals surface area contributed by atoms with Gasteiger partial charge in [0.1, 0.15) is 10.1 Å². The molecule has 3 rings (SSSR count). The highest BCUT2D eigenvalue weighted by Crippen LogP contribution is 2.20. The second kappa shape index (κ2) is 3.68. The number of aromatic nitrogens is 4. The van der Waals surface area contributed by atoms with E-state index in [1.807, 2.05) is 24.3 Å². The number of fused-ring (bicyclic) bond motifs is 1.